The number of hydrogen-bond donors (Lipinski definition) is 2. The highest BCUT2D eigenvalue weighted by Crippen LogP contribution is 2.39. The van der Waals surface area contributed by atoms with Crippen LogP contribution in [0.1, 0.15) is 30.0 Å². The van der Waals surface area contributed by atoms with E-state index in [-0.39, 0.29) is 17.7 Å². The Labute approximate surface area is 249 Å². The second kappa shape index (κ2) is 10.9. The first kappa shape index (κ1) is 28.0. The Hall–Kier alpha value is -4.13. The number of amides is 1. The summed E-state index contributed by atoms with van der Waals surface area (Å²) in [7, 11) is 0. The van der Waals surface area contributed by atoms with Gasteiger partial charge in [-0.2, -0.15) is 18.1 Å². The number of carbonyl (C=O) groups excluding carboxylic acids is 1. The number of nitrogens with zero attached hydrogens (tertiary/aromatic N) is 3. The average molecular weight is 630 g/mol. The standard InChI is InChI=1S/C28H19Cl2F2N5O4S/c29-17-9-5-15(6-10-17)22-13-21(34-37(22)27(39)28(31,32)14-23-35-41-42(40)36-23)25-24(16-7-11-18(30)12-8-16)19-3-1-2-4-20(19)33-26(25)38/h1-12,22H,13-14H2,(H,33,38)(H,35,36). The third-order valence-electron chi connectivity index (χ3n) is 6.84. The largest absolute Gasteiger partial charge is 0.338 e. The maximum absolute atomic E-state index is 15.4. The summed E-state index contributed by atoms with van der Waals surface area (Å²) >= 11 is 10.1. The monoisotopic (exact) mass is 629 g/mol. The lowest BCUT2D eigenvalue weighted by molar-refractivity contribution is -0.158. The van der Waals surface area contributed by atoms with Crippen molar-refractivity contribution >= 4 is 62.8 Å². The number of para-hydroxylation sites is 1. The smallest absolute Gasteiger partial charge is 0.321 e. The number of aromatic amines is 1. The molecule has 3 heterocycles. The molecule has 42 heavy (non-hydrogen) atoms. The number of pyridine rings is 1. The number of aromatic nitrogens is 1. The summed E-state index contributed by atoms with van der Waals surface area (Å²) in [5, 5.41) is 9.94. The first-order valence-corrected chi connectivity index (χ1v) is 14.3. The number of halogens is 4. The average Bonchev–Trinajstić information content (AvgIpc) is 3.58. The maximum Gasteiger partial charge on any atom is 0.338 e. The van der Waals surface area contributed by atoms with Gasteiger partial charge >= 0.3 is 23.1 Å². The van der Waals surface area contributed by atoms with E-state index in [1.54, 1.807) is 60.7 Å². The highest BCUT2D eigenvalue weighted by molar-refractivity contribution is 7.79. The minimum absolute atomic E-state index is 0.0439. The Balaban J connectivity index is 1.49. The van der Waals surface area contributed by atoms with Gasteiger partial charge in [0.1, 0.15) is 0 Å². The van der Waals surface area contributed by atoms with E-state index in [1.807, 2.05) is 12.1 Å². The summed E-state index contributed by atoms with van der Waals surface area (Å²) in [6.45, 7) is 0. The Bertz CT molecular complexity index is 1860. The van der Waals surface area contributed by atoms with Gasteiger partial charge in [-0.15, -0.1) is 0 Å². The summed E-state index contributed by atoms with van der Waals surface area (Å²) in [4.78, 5) is 29.8. The van der Waals surface area contributed by atoms with Crippen molar-refractivity contribution in [1.82, 2.24) is 14.7 Å². The number of alkyl halides is 2. The zero-order chi connectivity index (χ0) is 29.6. The van der Waals surface area contributed by atoms with E-state index < -0.39 is 47.0 Å². The summed E-state index contributed by atoms with van der Waals surface area (Å²) in [6.07, 6.45) is -1.24. The molecule has 2 aliphatic heterocycles. The number of carbonyl (C=O) groups is 1. The topological polar surface area (TPSA) is 116 Å². The van der Waals surface area contributed by atoms with Crippen LogP contribution in [0.15, 0.2) is 87.8 Å². The third kappa shape index (κ3) is 5.28. The van der Waals surface area contributed by atoms with Crippen LogP contribution in [-0.4, -0.2) is 37.6 Å². The number of fused-ring (bicyclic) bond motifs is 1. The summed E-state index contributed by atoms with van der Waals surface area (Å²) in [5.41, 5.74) is 1.98. The Morgan fingerprint density at radius 3 is 2.36 bits per heavy atom. The van der Waals surface area contributed by atoms with Crippen molar-refractivity contribution < 1.29 is 22.1 Å². The fraction of sp³-hybridized carbons (Fsp3) is 0.143. The molecule has 0 radical (unpaired) electrons. The first-order chi connectivity index (χ1) is 20.1. The van der Waals surface area contributed by atoms with Crippen molar-refractivity contribution in [2.45, 2.75) is 24.8 Å². The third-order valence-corrected chi connectivity index (χ3v) is 7.95. The van der Waals surface area contributed by atoms with E-state index in [0.29, 0.717) is 42.6 Å². The normalized spacial score (nSPS) is 18.4. The molecule has 14 heteroatoms. The molecule has 0 saturated heterocycles. The molecule has 9 nitrogen and oxygen atoms in total. The molecular formula is C28H19Cl2F2N5O4S. The van der Waals surface area contributed by atoms with Crippen LogP contribution in [0.5, 0.6) is 0 Å². The molecule has 2 aliphatic rings. The molecule has 3 aromatic carbocycles. The minimum Gasteiger partial charge on any atom is -0.321 e. The summed E-state index contributed by atoms with van der Waals surface area (Å²) in [6, 6.07) is 19.4. The molecule has 0 bridgehead atoms. The zero-order valence-electron chi connectivity index (χ0n) is 21.3. The SMILES string of the molecule is O=C(N1N=C(c2c(-c3ccc(Cl)cc3)c3ccccc3[nH]c2=O)CC1c1ccc(Cl)cc1)C(F)(F)CC1=NOS(=O)N1. The summed E-state index contributed by atoms with van der Waals surface area (Å²) < 4.78 is 48.6. The Morgan fingerprint density at radius 1 is 1.02 bits per heavy atom. The molecule has 0 fully saturated rings. The number of H-pyrrole nitrogens is 1. The first-order valence-electron chi connectivity index (χ1n) is 12.5. The van der Waals surface area contributed by atoms with Crippen LogP contribution in [0, 0.1) is 0 Å². The number of oxime groups is 1. The predicted octanol–water partition coefficient (Wildman–Crippen LogP) is 5.72. The maximum atomic E-state index is 15.4. The predicted molar refractivity (Wildman–Crippen MR) is 157 cm³/mol. The van der Waals surface area contributed by atoms with Gasteiger partial charge in [-0.1, -0.05) is 70.8 Å². The molecule has 2 unspecified atom stereocenters. The number of hydrazone groups is 1. The van der Waals surface area contributed by atoms with Crippen molar-refractivity contribution in [3.63, 3.8) is 0 Å². The molecule has 2 atom stereocenters. The van der Waals surface area contributed by atoms with E-state index in [1.165, 1.54) is 0 Å². The molecule has 4 aromatic rings. The van der Waals surface area contributed by atoms with Gasteiger partial charge in [0, 0.05) is 32.9 Å². The highest BCUT2D eigenvalue weighted by Gasteiger charge is 2.49. The van der Waals surface area contributed by atoms with Crippen LogP contribution < -0.4 is 10.3 Å². The van der Waals surface area contributed by atoms with Crippen molar-refractivity contribution in [2.75, 3.05) is 0 Å². The van der Waals surface area contributed by atoms with Crippen LogP contribution in [0.2, 0.25) is 10.0 Å². The number of rotatable bonds is 6. The van der Waals surface area contributed by atoms with E-state index in [2.05, 4.69) is 24.2 Å². The van der Waals surface area contributed by atoms with Gasteiger partial charge in [0.25, 0.3) is 5.56 Å². The van der Waals surface area contributed by atoms with Crippen molar-refractivity contribution in [3.05, 3.63) is 104 Å². The fourth-order valence-electron chi connectivity index (χ4n) is 4.96. The van der Waals surface area contributed by atoms with Crippen LogP contribution in [0.3, 0.4) is 0 Å². The van der Waals surface area contributed by atoms with E-state index in [4.69, 9.17) is 23.2 Å². The molecule has 0 aliphatic carbocycles. The summed E-state index contributed by atoms with van der Waals surface area (Å²) in [5.74, 6) is -6.10. The lowest BCUT2D eigenvalue weighted by Gasteiger charge is -2.26. The van der Waals surface area contributed by atoms with Gasteiger partial charge in [-0.05, 0) is 41.5 Å². The van der Waals surface area contributed by atoms with Crippen LogP contribution in [-0.2, 0) is 20.3 Å². The lowest BCUT2D eigenvalue weighted by atomic mass is 9.91. The molecule has 6 rings (SSSR count). The molecule has 2 N–H and O–H groups in total. The number of amidine groups is 1. The highest BCUT2D eigenvalue weighted by atomic mass is 35.5. The van der Waals surface area contributed by atoms with Crippen LogP contribution in [0.4, 0.5) is 8.78 Å². The van der Waals surface area contributed by atoms with E-state index in [0.717, 1.165) is 0 Å². The quantitative estimate of drug-likeness (QED) is 0.284. The van der Waals surface area contributed by atoms with Crippen molar-refractivity contribution in [2.24, 2.45) is 10.3 Å². The van der Waals surface area contributed by atoms with E-state index >= 15 is 8.78 Å². The number of hydrogen-bond acceptors (Lipinski definition) is 6. The molecule has 214 valence electrons. The number of nitrogens with one attached hydrogen (secondary N) is 2. The lowest BCUT2D eigenvalue weighted by Crippen LogP contribution is -2.43. The van der Waals surface area contributed by atoms with Gasteiger partial charge in [-0.25, -0.2) is 5.01 Å². The molecule has 0 saturated carbocycles. The van der Waals surface area contributed by atoms with Crippen molar-refractivity contribution in [1.29, 1.82) is 0 Å². The van der Waals surface area contributed by atoms with Gasteiger partial charge < -0.3 is 4.98 Å². The Kier molecular flexibility index (Phi) is 7.29. The van der Waals surface area contributed by atoms with Crippen LogP contribution in [0.25, 0.3) is 22.0 Å². The molecule has 1 aromatic heterocycles. The molecule has 1 amide bonds. The second-order valence-corrected chi connectivity index (χ2v) is 11.3. The molecule has 0 spiro atoms. The fourth-order valence-corrected chi connectivity index (χ4v) is 5.71. The number of benzene rings is 3. The Morgan fingerprint density at radius 2 is 1.69 bits per heavy atom. The minimum atomic E-state index is -4.01. The van der Waals surface area contributed by atoms with Crippen molar-refractivity contribution in [3.8, 4) is 11.1 Å². The van der Waals surface area contributed by atoms with Crippen LogP contribution >= 0.6 is 23.2 Å². The second-order valence-electron chi connectivity index (χ2n) is 9.56. The molecular weight excluding hydrogens is 611 g/mol. The van der Waals surface area contributed by atoms with Gasteiger partial charge in [-0.3, -0.25) is 18.6 Å². The van der Waals surface area contributed by atoms with E-state index in [9.17, 15) is 13.8 Å². The zero-order valence-corrected chi connectivity index (χ0v) is 23.6. The van der Waals surface area contributed by atoms with Gasteiger partial charge in [0.2, 0.25) is 0 Å². The van der Waals surface area contributed by atoms with Gasteiger partial charge in [0.05, 0.1) is 23.7 Å². The van der Waals surface area contributed by atoms with Gasteiger partial charge in [0.15, 0.2) is 5.84 Å².